The molecular formula is C15H17N5O5S. The molecule has 2 aromatic heterocycles. The molecule has 0 radical (unpaired) electrons. The number of aromatic amines is 2. The lowest BCUT2D eigenvalue weighted by molar-refractivity contribution is -0.0177. The molecule has 0 unspecified atom stereocenters. The van der Waals surface area contributed by atoms with Crippen LogP contribution >= 0.6 is 0 Å². The van der Waals surface area contributed by atoms with Gasteiger partial charge in [0.05, 0.1) is 22.5 Å². The van der Waals surface area contributed by atoms with E-state index >= 15 is 0 Å². The topological polar surface area (TPSA) is 134 Å². The van der Waals surface area contributed by atoms with Gasteiger partial charge in [0, 0.05) is 19.5 Å². The summed E-state index contributed by atoms with van der Waals surface area (Å²) in [7, 11) is -3.76. The molecule has 10 nitrogen and oxygen atoms in total. The number of sulfonamides is 1. The smallest absolute Gasteiger partial charge is 0.323 e. The Morgan fingerprint density at radius 2 is 2.08 bits per heavy atom. The fraction of sp³-hybridized carbons (Fsp3) is 0.400. The van der Waals surface area contributed by atoms with Crippen LogP contribution in [-0.4, -0.2) is 52.6 Å². The predicted molar refractivity (Wildman–Crippen MR) is 90.0 cm³/mol. The normalized spacial score (nSPS) is 19.2. The molecule has 0 spiro atoms. The summed E-state index contributed by atoms with van der Waals surface area (Å²) in [4.78, 5) is 16.6. The van der Waals surface area contributed by atoms with Crippen molar-refractivity contribution < 1.29 is 17.6 Å². The maximum Gasteiger partial charge on any atom is 0.323 e. The summed E-state index contributed by atoms with van der Waals surface area (Å²) < 4.78 is 38.4. The number of benzene rings is 1. The zero-order valence-electron chi connectivity index (χ0n) is 13.9. The molecule has 0 aliphatic carbocycles. The van der Waals surface area contributed by atoms with Gasteiger partial charge in [-0.15, -0.1) is 10.2 Å². The number of aromatic nitrogens is 4. The third-order valence-electron chi connectivity index (χ3n) is 4.21. The Morgan fingerprint density at radius 1 is 1.27 bits per heavy atom. The molecule has 1 fully saturated rings. The van der Waals surface area contributed by atoms with Crippen molar-refractivity contribution in [3.63, 3.8) is 0 Å². The number of nitrogens with one attached hydrogen (secondary N) is 2. The van der Waals surface area contributed by atoms with Gasteiger partial charge >= 0.3 is 5.69 Å². The quantitative estimate of drug-likeness (QED) is 0.676. The molecule has 3 aromatic rings. The van der Waals surface area contributed by atoms with E-state index in [4.69, 9.17) is 9.15 Å². The molecule has 0 bridgehead atoms. The van der Waals surface area contributed by atoms with Crippen LogP contribution in [0.1, 0.15) is 24.8 Å². The Morgan fingerprint density at radius 3 is 2.85 bits per heavy atom. The minimum Gasteiger partial charge on any atom is -0.422 e. The summed E-state index contributed by atoms with van der Waals surface area (Å²) in [5.41, 5.74) is 0.598. The molecule has 1 aromatic carbocycles. The maximum atomic E-state index is 13.0. The number of ether oxygens (including phenoxy) is 1. The molecule has 1 saturated heterocycles. The van der Waals surface area contributed by atoms with Crippen molar-refractivity contribution in [1.82, 2.24) is 24.5 Å². The highest BCUT2D eigenvalue weighted by Gasteiger charge is 2.34. The van der Waals surface area contributed by atoms with Gasteiger partial charge in [0.2, 0.25) is 21.8 Å². The van der Waals surface area contributed by atoms with E-state index in [1.165, 1.54) is 16.4 Å². The standard InChI is InChI=1S/C15H17N5O5S/c1-2-13-18-19-14(25-13)12-8-20(5-6-24-12)26(22,23)9-3-4-10-11(7-9)17-15(21)16-10/h3-4,7,12H,2,5-6,8H2,1H3,(H2,16,17,21)/t12-/m1/s1. The zero-order chi connectivity index (χ0) is 18.3. The molecule has 26 heavy (non-hydrogen) atoms. The molecule has 2 N–H and O–H groups in total. The third kappa shape index (κ3) is 2.93. The average Bonchev–Trinajstić information content (AvgIpc) is 3.26. The Labute approximate surface area is 148 Å². The van der Waals surface area contributed by atoms with Crippen molar-refractivity contribution in [2.75, 3.05) is 19.7 Å². The first kappa shape index (κ1) is 16.9. The van der Waals surface area contributed by atoms with Gasteiger partial charge in [0.1, 0.15) is 6.10 Å². The zero-order valence-corrected chi connectivity index (χ0v) is 14.7. The minimum absolute atomic E-state index is 0.0787. The minimum atomic E-state index is -3.76. The van der Waals surface area contributed by atoms with E-state index < -0.39 is 16.1 Å². The van der Waals surface area contributed by atoms with E-state index in [-0.39, 0.29) is 36.2 Å². The van der Waals surface area contributed by atoms with Gasteiger partial charge in [-0.25, -0.2) is 13.2 Å². The van der Waals surface area contributed by atoms with Crippen LogP contribution in [0.25, 0.3) is 11.0 Å². The lowest BCUT2D eigenvalue weighted by Gasteiger charge is -2.30. The van der Waals surface area contributed by atoms with Crippen LogP contribution < -0.4 is 5.69 Å². The number of hydrogen-bond donors (Lipinski definition) is 2. The van der Waals surface area contributed by atoms with Gasteiger partial charge in [-0.05, 0) is 18.2 Å². The van der Waals surface area contributed by atoms with Crippen molar-refractivity contribution >= 4 is 21.1 Å². The van der Waals surface area contributed by atoms with Crippen LogP contribution in [0.4, 0.5) is 0 Å². The molecule has 4 rings (SSSR count). The van der Waals surface area contributed by atoms with E-state index in [0.29, 0.717) is 23.3 Å². The highest BCUT2D eigenvalue weighted by atomic mass is 32.2. The highest BCUT2D eigenvalue weighted by Crippen LogP contribution is 2.26. The first-order valence-corrected chi connectivity index (χ1v) is 9.57. The third-order valence-corrected chi connectivity index (χ3v) is 6.08. The molecule has 0 saturated carbocycles. The van der Waals surface area contributed by atoms with E-state index in [1.54, 1.807) is 6.07 Å². The monoisotopic (exact) mass is 379 g/mol. The number of imidazole rings is 1. The van der Waals surface area contributed by atoms with Crippen molar-refractivity contribution in [2.45, 2.75) is 24.3 Å². The maximum absolute atomic E-state index is 13.0. The second kappa shape index (κ2) is 6.34. The van der Waals surface area contributed by atoms with Gasteiger partial charge in [0.15, 0.2) is 0 Å². The lowest BCUT2D eigenvalue weighted by Crippen LogP contribution is -2.42. The Kier molecular flexibility index (Phi) is 4.13. The molecule has 1 aliphatic rings. The number of aryl methyl sites for hydroxylation is 1. The number of rotatable bonds is 4. The van der Waals surface area contributed by atoms with E-state index in [0.717, 1.165) is 0 Å². The molecule has 0 amide bonds. The number of H-pyrrole nitrogens is 2. The first-order chi connectivity index (χ1) is 12.5. The van der Waals surface area contributed by atoms with E-state index in [2.05, 4.69) is 20.2 Å². The first-order valence-electron chi connectivity index (χ1n) is 8.13. The van der Waals surface area contributed by atoms with E-state index in [9.17, 15) is 13.2 Å². The number of hydrogen-bond acceptors (Lipinski definition) is 7. The van der Waals surface area contributed by atoms with Gasteiger partial charge < -0.3 is 19.1 Å². The molecule has 138 valence electrons. The highest BCUT2D eigenvalue weighted by molar-refractivity contribution is 7.89. The summed E-state index contributed by atoms with van der Waals surface area (Å²) in [6.45, 7) is 2.40. The SMILES string of the molecule is CCc1nnc([C@H]2CN(S(=O)(=O)c3ccc4[nH]c(=O)[nH]c4c3)CCO2)o1. The van der Waals surface area contributed by atoms with Crippen molar-refractivity contribution in [2.24, 2.45) is 0 Å². The summed E-state index contributed by atoms with van der Waals surface area (Å²) in [5.74, 6) is 0.748. The van der Waals surface area contributed by atoms with Crippen LogP contribution in [0.5, 0.6) is 0 Å². The summed E-state index contributed by atoms with van der Waals surface area (Å²) in [6.07, 6.45) is -0.0153. The number of nitrogens with zero attached hydrogens (tertiary/aromatic N) is 3. The predicted octanol–water partition coefficient (Wildman–Crippen LogP) is 0.564. The van der Waals surface area contributed by atoms with Crippen LogP contribution in [0.2, 0.25) is 0 Å². The van der Waals surface area contributed by atoms with Crippen molar-refractivity contribution in [1.29, 1.82) is 0 Å². The number of morpholine rings is 1. The Bertz CT molecular complexity index is 1100. The molecule has 3 heterocycles. The molecular weight excluding hydrogens is 362 g/mol. The summed E-state index contributed by atoms with van der Waals surface area (Å²) in [5, 5.41) is 7.83. The molecule has 11 heteroatoms. The molecule has 1 atom stereocenters. The summed E-state index contributed by atoms with van der Waals surface area (Å²) in [6, 6.07) is 4.46. The van der Waals surface area contributed by atoms with Gasteiger partial charge in [-0.3, -0.25) is 0 Å². The van der Waals surface area contributed by atoms with Crippen LogP contribution in [0, 0.1) is 0 Å². The van der Waals surface area contributed by atoms with Gasteiger partial charge in [-0.2, -0.15) is 4.31 Å². The summed E-state index contributed by atoms with van der Waals surface area (Å²) >= 11 is 0. The number of fused-ring (bicyclic) bond motifs is 1. The molecule has 1 aliphatic heterocycles. The van der Waals surface area contributed by atoms with Crippen molar-refractivity contribution in [3.8, 4) is 0 Å². The van der Waals surface area contributed by atoms with Gasteiger partial charge in [0.25, 0.3) is 0 Å². The Hall–Kier alpha value is -2.50. The average molecular weight is 379 g/mol. The van der Waals surface area contributed by atoms with Crippen molar-refractivity contribution in [3.05, 3.63) is 40.5 Å². The largest absolute Gasteiger partial charge is 0.422 e. The van der Waals surface area contributed by atoms with Crippen LogP contribution in [-0.2, 0) is 21.2 Å². The van der Waals surface area contributed by atoms with Crippen LogP contribution in [0.15, 0.2) is 32.3 Å². The van der Waals surface area contributed by atoms with E-state index in [1.807, 2.05) is 6.92 Å². The van der Waals surface area contributed by atoms with Gasteiger partial charge in [-0.1, -0.05) is 6.92 Å². The van der Waals surface area contributed by atoms with Crippen LogP contribution in [0.3, 0.4) is 0 Å². The second-order valence-electron chi connectivity index (χ2n) is 5.90. The lowest BCUT2D eigenvalue weighted by atomic mass is 10.3. The second-order valence-corrected chi connectivity index (χ2v) is 7.83. The Balaban J connectivity index is 1.62. The fourth-order valence-electron chi connectivity index (χ4n) is 2.85. The fourth-order valence-corrected chi connectivity index (χ4v) is 4.31.